The first-order chi connectivity index (χ1) is 10.2. The van der Waals surface area contributed by atoms with Crippen LogP contribution in [-0.2, 0) is 6.61 Å². The Kier molecular flexibility index (Phi) is 5.51. The molecule has 110 valence electrons. The van der Waals surface area contributed by atoms with E-state index in [1.165, 1.54) is 0 Å². The molecule has 1 heterocycles. The molecule has 2 aromatic rings. The summed E-state index contributed by atoms with van der Waals surface area (Å²) in [5.74, 6) is 0.839. The molecule has 0 amide bonds. The summed E-state index contributed by atoms with van der Waals surface area (Å²) in [5, 5.41) is 6.74. The fraction of sp³-hybridized carbons (Fsp3) is 0.250. The Bertz CT molecular complexity index is 572. The monoisotopic (exact) mass is 301 g/mol. The van der Waals surface area contributed by atoms with Gasteiger partial charge in [-0.3, -0.25) is 4.98 Å². The van der Waals surface area contributed by atoms with E-state index < -0.39 is 0 Å². The van der Waals surface area contributed by atoms with Crippen molar-refractivity contribution < 1.29 is 4.74 Å². The number of nitrogens with one attached hydrogen (secondary N) is 2. The number of thiocarbonyl (C=S) groups is 1. The zero-order valence-corrected chi connectivity index (χ0v) is 13.0. The highest BCUT2D eigenvalue weighted by Gasteiger charge is 2.06. The fourth-order valence-electron chi connectivity index (χ4n) is 1.86. The second-order valence-electron chi connectivity index (χ2n) is 4.66. The number of hydrogen-bond donors (Lipinski definition) is 2. The van der Waals surface area contributed by atoms with Gasteiger partial charge in [0.05, 0.1) is 6.04 Å². The summed E-state index contributed by atoms with van der Waals surface area (Å²) in [6.45, 7) is 2.58. The Morgan fingerprint density at radius 1 is 1.29 bits per heavy atom. The minimum Gasteiger partial charge on any atom is -0.489 e. The summed E-state index contributed by atoms with van der Waals surface area (Å²) in [7, 11) is 1.80. The number of ether oxygens (including phenoxy) is 1. The first-order valence-corrected chi connectivity index (χ1v) is 7.20. The predicted octanol–water partition coefficient (Wildman–Crippen LogP) is 2.82. The van der Waals surface area contributed by atoms with Crippen molar-refractivity contribution in [1.29, 1.82) is 0 Å². The van der Waals surface area contributed by atoms with Crippen LogP contribution in [0.4, 0.5) is 0 Å². The molecule has 1 unspecified atom stereocenters. The van der Waals surface area contributed by atoms with Crippen molar-refractivity contribution in [3.63, 3.8) is 0 Å². The van der Waals surface area contributed by atoms with Gasteiger partial charge in [-0.1, -0.05) is 18.2 Å². The van der Waals surface area contributed by atoms with Gasteiger partial charge in [-0.05, 0) is 42.9 Å². The molecule has 0 aliphatic rings. The van der Waals surface area contributed by atoms with E-state index >= 15 is 0 Å². The molecule has 0 bridgehead atoms. The third-order valence-electron chi connectivity index (χ3n) is 3.08. The summed E-state index contributed by atoms with van der Waals surface area (Å²) in [4.78, 5) is 4.06. The van der Waals surface area contributed by atoms with Crippen LogP contribution in [-0.4, -0.2) is 17.1 Å². The average Bonchev–Trinajstić information content (AvgIpc) is 2.54. The quantitative estimate of drug-likeness (QED) is 0.832. The molecule has 2 rings (SSSR count). The topological polar surface area (TPSA) is 46.2 Å². The molecule has 0 fully saturated rings. The maximum atomic E-state index is 5.73. The van der Waals surface area contributed by atoms with Crippen LogP contribution in [0.1, 0.15) is 24.1 Å². The summed E-state index contributed by atoms with van der Waals surface area (Å²) in [6.07, 6.45) is 3.56. The number of nitrogens with zero attached hydrogens (tertiary/aromatic N) is 1. The van der Waals surface area contributed by atoms with Gasteiger partial charge in [-0.25, -0.2) is 0 Å². The number of hydrogen-bond acceptors (Lipinski definition) is 3. The fourth-order valence-corrected chi connectivity index (χ4v) is 2.03. The van der Waals surface area contributed by atoms with Gasteiger partial charge in [-0.2, -0.15) is 0 Å². The Balaban J connectivity index is 1.91. The highest BCUT2D eigenvalue weighted by molar-refractivity contribution is 7.80. The molecule has 5 heteroatoms. The second kappa shape index (κ2) is 7.59. The van der Waals surface area contributed by atoms with Crippen LogP contribution in [0.15, 0.2) is 48.8 Å². The Hall–Kier alpha value is -2.14. The van der Waals surface area contributed by atoms with E-state index in [1.54, 1.807) is 19.4 Å². The number of rotatable bonds is 5. The van der Waals surface area contributed by atoms with Crippen LogP contribution in [0, 0.1) is 0 Å². The Labute approximate surface area is 130 Å². The molecule has 0 aliphatic carbocycles. The molecule has 0 saturated heterocycles. The first-order valence-electron chi connectivity index (χ1n) is 6.79. The standard InChI is InChI=1S/C16H19N3OS/c1-12(19-16(21)17-2)14-5-7-15(8-6-14)20-11-13-4-3-9-18-10-13/h3-10,12H,11H2,1-2H3,(H2,17,19,21). The summed E-state index contributed by atoms with van der Waals surface area (Å²) in [6, 6.07) is 12.0. The van der Waals surface area contributed by atoms with Crippen LogP contribution < -0.4 is 15.4 Å². The van der Waals surface area contributed by atoms with Crippen molar-refractivity contribution >= 4 is 17.3 Å². The van der Waals surface area contributed by atoms with Crippen molar-refractivity contribution in [1.82, 2.24) is 15.6 Å². The van der Waals surface area contributed by atoms with E-state index in [1.807, 2.05) is 36.4 Å². The highest BCUT2D eigenvalue weighted by Crippen LogP contribution is 2.18. The van der Waals surface area contributed by atoms with E-state index in [0.717, 1.165) is 16.9 Å². The number of pyridine rings is 1. The van der Waals surface area contributed by atoms with Gasteiger partial charge in [-0.15, -0.1) is 0 Å². The van der Waals surface area contributed by atoms with Crippen molar-refractivity contribution in [3.8, 4) is 5.75 Å². The van der Waals surface area contributed by atoms with Crippen molar-refractivity contribution in [2.45, 2.75) is 19.6 Å². The van der Waals surface area contributed by atoms with Gasteiger partial charge in [0.25, 0.3) is 0 Å². The lowest BCUT2D eigenvalue weighted by atomic mass is 10.1. The number of benzene rings is 1. The van der Waals surface area contributed by atoms with Crippen LogP contribution in [0.25, 0.3) is 0 Å². The molecule has 4 nitrogen and oxygen atoms in total. The second-order valence-corrected chi connectivity index (χ2v) is 5.07. The van der Waals surface area contributed by atoms with Crippen LogP contribution >= 0.6 is 12.2 Å². The lowest BCUT2D eigenvalue weighted by molar-refractivity contribution is 0.305. The molecule has 2 N–H and O–H groups in total. The van der Waals surface area contributed by atoms with Crippen LogP contribution in [0.3, 0.4) is 0 Å². The van der Waals surface area contributed by atoms with Crippen LogP contribution in [0.5, 0.6) is 5.75 Å². The van der Waals surface area contributed by atoms with Crippen LogP contribution in [0.2, 0.25) is 0 Å². The highest BCUT2D eigenvalue weighted by atomic mass is 32.1. The lowest BCUT2D eigenvalue weighted by Crippen LogP contribution is -2.34. The van der Waals surface area contributed by atoms with Gasteiger partial charge < -0.3 is 15.4 Å². The van der Waals surface area contributed by atoms with E-state index in [-0.39, 0.29) is 6.04 Å². The Morgan fingerprint density at radius 3 is 2.67 bits per heavy atom. The molecule has 21 heavy (non-hydrogen) atoms. The molecule has 0 spiro atoms. The smallest absolute Gasteiger partial charge is 0.166 e. The zero-order valence-electron chi connectivity index (χ0n) is 12.2. The minimum atomic E-state index is 0.150. The van der Waals surface area contributed by atoms with Crippen molar-refractivity contribution in [3.05, 3.63) is 59.9 Å². The van der Waals surface area contributed by atoms with Crippen molar-refractivity contribution in [2.24, 2.45) is 0 Å². The molecule has 0 saturated carbocycles. The van der Waals surface area contributed by atoms with E-state index in [9.17, 15) is 0 Å². The van der Waals surface area contributed by atoms with Gasteiger partial charge in [0.15, 0.2) is 5.11 Å². The van der Waals surface area contributed by atoms with Gasteiger partial charge >= 0.3 is 0 Å². The zero-order chi connectivity index (χ0) is 15.1. The van der Waals surface area contributed by atoms with E-state index in [0.29, 0.717) is 11.7 Å². The van der Waals surface area contributed by atoms with Gasteiger partial charge in [0, 0.05) is 25.0 Å². The molecule has 1 aromatic carbocycles. The van der Waals surface area contributed by atoms with Gasteiger partial charge in [0.2, 0.25) is 0 Å². The molecule has 0 aliphatic heterocycles. The first kappa shape index (κ1) is 15.3. The molecule has 1 atom stereocenters. The molecular formula is C16H19N3OS. The van der Waals surface area contributed by atoms with E-state index in [4.69, 9.17) is 17.0 Å². The molecular weight excluding hydrogens is 282 g/mol. The third-order valence-corrected chi connectivity index (χ3v) is 3.41. The minimum absolute atomic E-state index is 0.150. The summed E-state index contributed by atoms with van der Waals surface area (Å²) >= 11 is 5.10. The third kappa shape index (κ3) is 4.72. The predicted molar refractivity (Wildman–Crippen MR) is 88.2 cm³/mol. The molecule has 1 aromatic heterocycles. The van der Waals surface area contributed by atoms with Crippen molar-refractivity contribution in [2.75, 3.05) is 7.05 Å². The van der Waals surface area contributed by atoms with Gasteiger partial charge in [0.1, 0.15) is 12.4 Å². The lowest BCUT2D eigenvalue weighted by Gasteiger charge is -2.16. The maximum Gasteiger partial charge on any atom is 0.166 e. The largest absolute Gasteiger partial charge is 0.489 e. The average molecular weight is 301 g/mol. The normalized spacial score (nSPS) is 11.5. The summed E-state index contributed by atoms with van der Waals surface area (Å²) in [5.41, 5.74) is 2.21. The van der Waals surface area contributed by atoms with E-state index in [2.05, 4.69) is 22.5 Å². The Morgan fingerprint density at radius 2 is 2.05 bits per heavy atom. The number of aromatic nitrogens is 1. The molecule has 0 radical (unpaired) electrons. The summed E-state index contributed by atoms with van der Waals surface area (Å²) < 4.78 is 5.73. The SMILES string of the molecule is CNC(=S)NC(C)c1ccc(OCc2cccnc2)cc1. The maximum absolute atomic E-state index is 5.73.